The van der Waals surface area contributed by atoms with Crippen molar-refractivity contribution in [2.24, 2.45) is 5.92 Å². The van der Waals surface area contributed by atoms with Gasteiger partial charge >= 0.3 is 0 Å². The molecule has 0 fully saturated rings. The van der Waals surface area contributed by atoms with Crippen LogP contribution in [0.3, 0.4) is 0 Å². The van der Waals surface area contributed by atoms with Gasteiger partial charge in [-0.3, -0.25) is 4.79 Å². The average Bonchev–Trinajstić information content (AvgIpc) is 2.20. The third-order valence-corrected chi connectivity index (χ3v) is 2.48. The Morgan fingerprint density at radius 3 is 2.56 bits per heavy atom. The van der Waals surface area contributed by atoms with Gasteiger partial charge in [0.15, 0.2) is 5.78 Å². The first-order chi connectivity index (χ1) is 7.54. The molecule has 0 saturated heterocycles. The van der Waals surface area contributed by atoms with E-state index in [1.807, 2.05) is 6.92 Å². The molecule has 88 valence electrons. The molecule has 0 N–H and O–H groups in total. The van der Waals surface area contributed by atoms with Gasteiger partial charge < -0.3 is 0 Å². The summed E-state index contributed by atoms with van der Waals surface area (Å²) in [5.74, 6) is 0.194. The fourth-order valence-corrected chi connectivity index (χ4v) is 1.70. The fraction of sp³-hybridized carbons (Fsp3) is 0.500. The zero-order chi connectivity index (χ0) is 12.1. The van der Waals surface area contributed by atoms with Crippen molar-refractivity contribution in [2.75, 3.05) is 0 Å². The van der Waals surface area contributed by atoms with Gasteiger partial charge in [0.2, 0.25) is 0 Å². The molecular formula is C14H19FO. The highest BCUT2D eigenvalue weighted by Crippen LogP contribution is 2.16. The summed E-state index contributed by atoms with van der Waals surface area (Å²) < 4.78 is 13.7. The predicted octanol–water partition coefficient (Wildman–Crippen LogP) is 4.01. The molecule has 1 nitrogen and oxygen atoms in total. The van der Waals surface area contributed by atoms with Crippen LogP contribution in [0.4, 0.5) is 4.39 Å². The SMILES string of the molecule is CCCC(=O)c1ccc(CC(C)C)c(F)c1. The maximum Gasteiger partial charge on any atom is 0.162 e. The minimum Gasteiger partial charge on any atom is -0.294 e. The fourth-order valence-electron chi connectivity index (χ4n) is 1.70. The summed E-state index contributed by atoms with van der Waals surface area (Å²) in [6, 6.07) is 4.84. The van der Waals surface area contributed by atoms with E-state index in [1.165, 1.54) is 6.07 Å². The van der Waals surface area contributed by atoms with Gasteiger partial charge in [0.1, 0.15) is 5.82 Å². The molecule has 1 rings (SSSR count). The molecule has 0 saturated carbocycles. The van der Waals surface area contributed by atoms with E-state index in [2.05, 4.69) is 13.8 Å². The van der Waals surface area contributed by atoms with Crippen LogP contribution in [0.15, 0.2) is 18.2 Å². The number of ketones is 1. The Hall–Kier alpha value is -1.18. The lowest BCUT2D eigenvalue weighted by molar-refractivity contribution is 0.0981. The van der Waals surface area contributed by atoms with Crippen molar-refractivity contribution in [1.82, 2.24) is 0 Å². The molecule has 16 heavy (non-hydrogen) atoms. The molecule has 0 spiro atoms. The van der Waals surface area contributed by atoms with Crippen LogP contribution in [-0.2, 0) is 6.42 Å². The van der Waals surface area contributed by atoms with Gasteiger partial charge in [-0.05, 0) is 30.4 Å². The molecule has 0 aliphatic carbocycles. The normalized spacial score (nSPS) is 10.8. The lowest BCUT2D eigenvalue weighted by atomic mass is 9.99. The first kappa shape index (κ1) is 12.9. The molecule has 0 unspecified atom stereocenters. The van der Waals surface area contributed by atoms with Crippen molar-refractivity contribution >= 4 is 5.78 Å². The van der Waals surface area contributed by atoms with E-state index in [0.29, 0.717) is 29.9 Å². The Balaban J connectivity index is 2.86. The summed E-state index contributed by atoms with van der Waals surface area (Å²) in [5.41, 5.74) is 1.19. The van der Waals surface area contributed by atoms with Crippen LogP contribution in [0.5, 0.6) is 0 Å². The van der Waals surface area contributed by atoms with Crippen molar-refractivity contribution in [3.05, 3.63) is 35.1 Å². The second-order valence-electron chi connectivity index (χ2n) is 4.58. The molecule has 0 amide bonds. The number of halogens is 1. The Morgan fingerprint density at radius 1 is 1.38 bits per heavy atom. The Morgan fingerprint density at radius 2 is 2.06 bits per heavy atom. The van der Waals surface area contributed by atoms with Crippen molar-refractivity contribution < 1.29 is 9.18 Å². The van der Waals surface area contributed by atoms with Crippen LogP contribution in [0, 0.1) is 11.7 Å². The number of hydrogen-bond acceptors (Lipinski definition) is 1. The summed E-state index contributed by atoms with van der Waals surface area (Å²) >= 11 is 0. The van der Waals surface area contributed by atoms with Gasteiger partial charge in [-0.1, -0.05) is 32.9 Å². The van der Waals surface area contributed by atoms with E-state index in [0.717, 1.165) is 6.42 Å². The number of Topliss-reactive ketones (excluding diaryl/α,β-unsaturated/α-hetero) is 1. The average molecular weight is 222 g/mol. The van der Waals surface area contributed by atoms with Crippen LogP contribution >= 0.6 is 0 Å². The Kier molecular flexibility index (Phi) is 4.66. The topological polar surface area (TPSA) is 17.1 Å². The van der Waals surface area contributed by atoms with Crippen LogP contribution in [0.1, 0.15) is 49.5 Å². The first-order valence-corrected chi connectivity index (χ1v) is 5.86. The van der Waals surface area contributed by atoms with E-state index < -0.39 is 0 Å². The molecule has 0 aromatic heterocycles. The second kappa shape index (κ2) is 5.78. The van der Waals surface area contributed by atoms with Crippen molar-refractivity contribution in [3.63, 3.8) is 0 Å². The van der Waals surface area contributed by atoms with E-state index >= 15 is 0 Å². The molecule has 0 atom stereocenters. The highest BCUT2D eigenvalue weighted by Gasteiger charge is 2.09. The molecule has 0 aliphatic rings. The number of carbonyl (C=O) groups is 1. The van der Waals surface area contributed by atoms with Crippen molar-refractivity contribution in [3.8, 4) is 0 Å². The lowest BCUT2D eigenvalue weighted by Crippen LogP contribution is -2.02. The standard InChI is InChI=1S/C14H19FO/c1-4-5-14(16)12-7-6-11(8-10(2)3)13(15)9-12/h6-7,9-10H,4-5,8H2,1-3H3. The van der Waals surface area contributed by atoms with Gasteiger partial charge in [0.25, 0.3) is 0 Å². The van der Waals surface area contributed by atoms with Crippen molar-refractivity contribution in [2.45, 2.75) is 40.0 Å². The summed E-state index contributed by atoms with van der Waals surface area (Å²) in [4.78, 5) is 11.6. The second-order valence-corrected chi connectivity index (χ2v) is 4.58. The number of carbonyl (C=O) groups excluding carboxylic acids is 1. The zero-order valence-electron chi connectivity index (χ0n) is 10.2. The maximum atomic E-state index is 13.7. The third kappa shape index (κ3) is 3.44. The lowest BCUT2D eigenvalue weighted by Gasteiger charge is -2.07. The van der Waals surface area contributed by atoms with E-state index in [4.69, 9.17) is 0 Å². The quantitative estimate of drug-likeness (QED) is 0.688. The number of rotatable bonds is 5. The highest BCUT2D eigenvalue weighted by molar-refractivity contribution is 5.96. The van der Waals surface area contributed by atoms with E-state index in [1.54, 1.807) is 12.1 Å². The summed E-state index contributed by atoms with van der Waals surface area (Å²) in [6.45, 7) is 6.05. The zero-order valence-corrected chi connectivity index (χ0v) is 10.2. The van der Waals surface area contributed by atoms with Crippen LogP contribution < -0.4 is 0 Å². The van der Waals surface area contributed by atoms with Crippen LogP contribution in [-0.4, -0.2) is 5.78 Å². The molecule has 0 radical (unpaired) electrons. The molecule has 0 aliphatic heterocycles. The monoisotopic (exact) mass is 222 g/mol. The van der Waals surface area contributed by atoms with E-state index in [9.17, 15) is 9.18 Å². The number of hydrogen-bond donors (Lipinski definition) is 0. The smallest absolute Gasteiger partial charge is 0.162 e. The molecular weight excluding hydrogens is 203 g/mol. The molecule has 0 bridgehead atoms. The Bertz CT molecular complexity index is 369. The first-order valence-electron chi connectivity index (χ1n) is 5.86. The number of benzene rings is 1. The minimum atomic E-state index is -0.254. The largest absolute Gasteiger partial charge is 0.294 e. The van der Waals surface area contributed by atoms with Crippen LogP contribution in [0.2, 0.25) is 0 Å². The van der Waals surface area contributed by atoms with Gasteiger partial charge in [0, 0.05) is 12.0 Å². The van der Waals surface area contributed by atoms with Gasteiger partial charge in [-0.25, -0.2) is 4.39 Å². The summed E-state index contributed by atoms with van der Waals surface area (Å²) in [7, 11) is 0. The van der Waals surface area contributed by atoms with Gasteiger partial charge in [0.05, 0.1) is 0 Å². The summed E-state index contributed by atoms with van der Waals surface area (Å²) in [5, 5.41) is 0. The van der Waals surface area contributed by atoms with Gasteiger partial charge in [-0.15, -0.1) is 0 Å². The molecule has 1 aromatic carbocycles. The van der Waals surface area contributed by atoms with E-state index in [-0.39, 0.29) is 11.6 Å². The van der Waals surface area contributed by atoms with Crippen molar-refractivity contribution in [1.29, 1.82) is 0 Å². The van der Waals surface area contributed by atoms with Crippen LogP contribution in [0.25, 0.3) is 0 Å². The van der Waals surface area contributed by atoms with Gasteiger partial charge in [-0.2, -0.15) is 0 Å². The molecule has 2 heteroatoms. The summed E-state index contributed by atoms with van der Waals surface area (Å²) in [6.07, 6.45) is 2.01. The molecule has 1 aromatic rings. The highest BCUT2D eigenvalue weighted by atomic mass is 19.1. The predicted molar refractivity (Wildman–Crippen MR) is 64.2 cm³/mol. The Labute approximate surface area is 96.7 Å². The third-order valence-electron chi connectivity index (χ3n) is 2.48. The minimum absolute atomic E-state index is 0.0255. The molecule has 0 heterocycles. The maximum absolute atomic E-state index is 13.7.